The highest BCUT2D eigenvalue weighted by atomic mass is 16.1. The van der Waals surface area contributed by atoms with Gasteiger partial charge in [-0.1, -0.05) is 19.8 Å². The van der Waals surface area contributed by atoms with Gasteiger partial charge in [-0.3, -0.25) is 9.79 Å². The van der Waals surface area contributed by atoms with Gasteiger partial charge in [0, 0.05) is 38.5 Å². The van der Waals surface area contributed by atoms with Gasteiger partial charge >= 0.3 is 0 Å². The number of rotatable bonds is 9. The van der Waals surface area contributed by atoms with Crippen LogP contribution in [0, 0.1) is 0 Å². The standard InChI is InChI=1S/C17H31N7O/c1-3-15-23-21-13-24(15)12-11-20-17(18-4-2)19-10-9-16(25)22-14-7-5-6-8-14/h13-14H,3-12H2,1-2H3,(H,22,25)(H2,18,19,20). The molecule has 3 N–H and O–H groups in total. The minimum atomic E-state index is 0.101. The van der Waals surface area contributed by atoms with Gasteiger partial charge in [-0.2, -0.15) is 0 Å². The van der Waals surface area contributed by atoms with Crippen LogP contribution in [-0.2, 0) is 17.8 Å². The van der Waals surface area contributed by atoms with E-state index < -0.39 is 0 Å². The van der Waals surface area contributed by atoms with Crippen LogP contribution in [0.25, 0.3) is 0 Å². The first-order chi connectivity index (χ1) is 12.2. The predicted molar refractivity (Wildman–Crippen MR) is 98.4 cm³/mol. The lowest BCUT2D eigenvalue weighted by Crippen LogP contribution is -2.39. The van der Waals surface area contributed by atoms with Gasteiger partial charge in [0.1, 0.15) is 12.2 Å². The topological polar surface area (TPSA) is 96.2 Å². The summed E-state index contributed by atoms with van der Waals surface area (Å²) in [5.41, 5.74) is 0. The van der Waals surface area contributed by atoms with E-state index in [9.17, 15) is 4.79 Å². The number of nitrogens with one attached hydrogen (secondary N) is 3. The van der Waals surface area contributed by atoms with Crippen LogP contribution in [0.15, 0.2) is 11.3 Å². The van der Waals surface area contributed by atoms with Gasteiger partial charge in [0.05, 0.1) is 6.54 Å². The van der Waals surface area contributed by atoms with Crippen molar-refractivity contribution >= 4 is 11.9 Å². The highest BCUT2D eigenvalue weighted by molar-refractivity contribution is 5.80. The molecule has 140 valence electrons. The Bertz CT molecular complexity index is 549. The lowest BCUT2D eigenvalue weighted by Gasteiger charge is -2.13. The van der Waals surface area contributed by atoms with Crippen LogP contribution in [0.4, 0.5) is 0 Å². The van der Waals surface area contributed by atoms with E-state index >= 15 is 0 Å². The minimum absolute atomic E-state index is 0.101. The summed E-state index contributed by atoms with van der Waals surface area (Å²) >= 11 is 0. The Hall–Kier alpha value is -2.12. The van der Waals surface area contributed by atoms with Crippen molar-refractivity contribution in [3.8, 4) is 0 Å². The van der Waals surface area contributed by atoms with Gasteiger partial charge in [0.2, 0.25) is 5.91 Å². The summed E-state index contributed by atoms with van der Waals surface area (Å²) in [5.74, 6) is 1.82. The molecule has 1 amide bonds. The summed E-state index contributed by atoms with van der Waals surface area (Å²) in [5, 5.41) is 17.6. The Morgan fingerprint density at radius 3 is 2.84 bits per heavy atom. The highest BCUT2D eigenvalue weighted by Crippen LogP contribution is 2.17. The van der Waals surface area contributed by atoms with Crippen molar-refractivity contribution < 1.29 is 4.79 Å². The summed E-state index contributed by atoms with van der Waals surface area (Å²) in [4.78, 5) is 16.4. The summed E-state index contributed by atoms with van der Waals surface area (Å²) in [6, 6.07) is 0.374. The van der Waals surface area contributed by atoms with Crippen molar-refractivity contribution in [1.82, 2.24) is 30.7 Å². The van der Waals surface area contributed by atoms with Crippen LogP contribution in [0.5, 0.6) is 0 Å². The Morgan fingerprint density at radius 2 is 2.12 bits per heavy atom. The van der Waals surface area contributed by atoms with Gasteiger partial charge in [-0.15, -0.1) is 10.2 Å². The zero-order valence-electron chi connectivity index (χ0n) is 15.4. The molecule has 1 fully saturated rings. The molecule has 1 saturated carbocycles. The number of amides is 1. The predicted octanol–water partition coefficient (Wildman–Crippen LogP) is 0.845. The number of guanidine groups is 1. The summed E-state index contributed by atoms with van der Waals surface area (Å²) < 4.78 is 2.03. The average Bonchev–Trinajstić information content (AvgIpc) is 3.26. The summed E-state index contributed by atoms with van der Waals surface area (Å²) in [6.07, 6.45) is 7.72. The zero-order chi connectivity index (χ0) is 17.9. The maximum absolute atomic E-state index is 11.9. The van der Waals surface area contributed by atoms with Crippen LogP contribution in [0.2, 0.25) is 0 Å². The molecule has 0 spiro atoms. The van der Waals surface area contributed by atoms with Crippen LogP contribution < -0.4 is 16.0 Å². The van der Waals surface area contributed by atoms with E-state index in [1.807, 2.05) is 11.5 Å². The van der Waals surface area contributed by atoms with Gasteiger partial charge in [-0.25, -0.2) is 0 Å². The first kappa shape index (κ1) is 19.2. The SMILES string of the molecule is CCNC(=NCCC(=O)NC1CCCC1)NCCn1cnnc1CC. The molecule has 0 bridgehead atoms. The molecule has 8 nitrogen and oxygen atoms in total. The van der Waals surface area contributed by atoms with Crippen LogP contribution in [-0.4, -0.2) is 52.3 Å². The van der Waals surface area contributed by atoms with Crippen molar-refractivity contribution in [3.63, 3.8) is 0 Å². The molecule has 8 heteroatoms. The van der Waals surface area contributed by atoms with Crippen LogP contribution in [0.1, 0.15) is 51.8 Å². The lowest BCUT2D eigenvalue weighted by atomic mass is 10.2. The molecule has 1 heterocycles. The number of aromatic nitrogens is 3. The van der Waals surface area contributed by atoms with Gasteiger partial charge in [0.25, 0.3) is 0 Å². The molecule has 25 heavy (non-hydrogen) atoms. The molecule has 0 aromatic carbocycles. The number of hydrogen-bond acceptors (Lipinski definition) is 4. The fourth-order valence-corrected chi connectivity index (χ4v) is 3.02. The largest absolute Gasteiger partial charge is 0.357 e. The third-order valence-corrected chi connectivity index (χ3v) is 4.33. The monoisotopic (exact) mass is 349 g/mol. The van der Waals surface area contributed by atoms with Gasteiger partial charge in [-0.05, 0) is 19.8 Å². The molecule has 1 aliphatic rings. The third kappa shape index (κ3) is 6.72. The molecule has 0 aliphatic heterocycles. The number of carbonyl (C=O) groups excluding carboxylic acids is 1. The molecule has 0 radical (unpaired) electrons. The molecule has 2 rings (SSSR count). The second-order valence-corrected chi connectivity index (χ2v) is 6.28. The Balaban J connectivity index is 1.70. The third-order valence-electron chi connectivity index (χ3n) is 4.33. The second-order valence-electron chi connectivity index (χ2n) is 6.28. The molecule has 1 aromatic rings. The fourth-order valence-electron chi connectivity index (χ4n) is 3.02. The van der Waals surface area contributed by atoms with Gasteiger partial charge < -0.3 is 20.5 Å². The molecule has 0 atom stereocenters. The molecule has 0 saturated heterocycles. The molecule has 0 unspecified atom stereocenters. The summed E-state index contributed by atoms with van der Waals surface area (Å²) in [6.45, 7) is 6.87. The quantitative estimate of drug-likeness (QED) is 0.454. The zero-order valence-corrected chi connectivity index (χ0v) is 15.4. The minimum Gasteiger partial charge on any atom is -0.357 e. The second kappa shape index (κ2) is 10.7. The van der Waals surface area contributed by atoms with E-state index in [4.69, 9.17) is 0 Å². The molecular weight excluding hydrogens is 318 g/mol. The van der Waals surface area contributed by atoms with E-state index in [1.165, 1.54) is 12.8 Å². The van der Waals surface area contributed by atoms with E-state index in [1.54, 1.807) is 6.33 Å². The number of carbonyl (C=O) groups is 1. The van der Waals surface area contributed by atoms with E-state index in [-0.39, 0.29) is 5.91 Å². The van der Waals surface area contributed by atoms with E-state index in [0.717, 1.165) is 50.7 Å². The number of nitrogens with zero attached hydrogens (tertiary/aromatic N) is 4. The highest BCUT2D eigenvalue weighted by Gasteiger charge is 2.16. The smallest absolute Gasteiger partial charge is 0.222 e. The summed E-state index contributed by atoms with van der Waals surface area (Å²) in [7, 11) is 0. The Kier molecular flexibility index (Phi) is 8.21. The fraction of sp³-hybridized carbons (Fsp3) is 0.765. The van der Waals surface area contributed by atoms with Crippen LogP contribution >= 0.6 is 0 Å². The normalized spacial score (nSPS) is 15.4. The van der Waals surface area contributed by atoms with E-state index in [2.05, 4.69) is 38.1 Å². The average molecular weight is 349 g/mol. The van der Waals surface area contributed by atoms with Crippen molar-refractivity contribution in [2.24, 2.45) is 4.99 Å². The van der Waals surface area contributed by atoms with Gasteiger partial charge in [0.15, 0.2) is 5.96 Å². The van der Waals surface area contributed by atoms with Crippen molar-refractivity contribution in [2.45, 2.75) is 65.0 Å². The molecule has 1 aromatic heterocycles. The van der Waals surface area contributed by atoms with Crippen molar-refractivity contribution in [1.29, 1.82) is 0 Å². The first-order valence-corrected chi connectivity index (χ1v) is 9.41. The van der Waals surface area contributed by atoms with Crippen molar-refractivity contribution in [2.75, 3.05) is 19.6 Å². The number of hydrogen-bond donors (Lipinski definition) is 3. The Morgan fingerprint density at radius 1 is 1.32 bits per heavy atom. The molecular formula is C17H31N7O. The van der Waals surface area contributed by atoms with E-state index in [0.29, 0.717) is 19.0 Å². The molecule has 1 aliphatic carbocycles. The Labute approximate surface area is 149 Å². The number of aryl methyl sites for hydroxylation is 1. The van der Waals surface area contributed by atoms with Crippen molar-refractivity contribution in [3.05, 3.63) is 12.2 Å². The maximum Gasteiger partial charge on any atom is 0.222 e. The van der Waals surface area contributed by atoms with Crippen LogP contribution in [0.3, 0.4) is 0 Å². The lowest BCUT2D eigenvalue weighted by molar-refractivity contribution is -0.121. The first-order valence-electron chi connectivity index (χ1n) is 9.41. The number of aliphatic imine (C=N–C) groups is 1. The maximum atomic E-state index is 11.9.